The van der Waals surface area contributed by atoms with E-state index in [0.29, 0.717) is 10.3 Å². The lowest BCUT2D eigenvalue weighted by molar-refractivity contribution is -0.113. The average molecular weight is 433 g/mol. The van der Waals surface area contributed by atoms with Gasteiger partial charge in [0, 0.05) is 22.3 Å². The minimum absolute atomic E-state index is 0.122. The molecule has 0 saturated carbocycles. The zero-order chi connectivity index (χ0) is 20.9. The van der Waals surface area contributed by atoms with Crippen LogP contribution in [0.15, 0.2) is 71.2 Å². The molecule has 1 amide bonds. The predicted octanol–water partition coefficient (Wildman–Crippen LogP) is 5.61. The van der Waals surface area contributed by atoms with Gasteiger partial charge in [0.25, 0.3) is 0 Å². The van der Waals surface area contributed by atoms with Crippen molar-refractivity contribution < 1.29 is 4.79 Å². The first-order valence-corrected chi connectivity index (χ1v) is 11.3. The van der Waals surface area contributed by atoms with E-state index in [1.54, 1.807) is 0 Å². The maximum atomic E-state index is 12.3. The third kappa shape index (κ3) is 5.11. The highest BCUT2D eigenvalue weighted by Crippen LogP contribution is 2.28. The molecule has 2 aromatic carbocycles. The van der Waals surface area contributed by atoms with Gasteiger partial charge in [0.05, 0.1) is 11.4 Å². The lowest BCUT2D eigenvalue weighted by Crippen LogP contribution is -2.14. The summed E-state index contributed by atoms with van der Waals surface area (Å²) in [5, 5.41) is 6.01. The Hall–Kier alpha value is -3.03. The number of carbonyl (C=O) groups is 1. The Morgan fingerprint density at radius 1 is 0.900 bits per heavy atom. The van der Waals surface area contributed by atoms with Crippen molar-refractivity contribution in [3.8, 4) is 22.4 Å². The van der Waals surface area contributed by atoms with Gasteiger partial charge >= 0.3 is 0 Å². The Morgan fingerprint density at radius 3 is 2.23 bits per heavy atom. The van der Waals surface area contributed by atoms with Crippen LogP contribution in [0.4, 0.5) is 5.13 Å². The summed E-state index contributed by atoms with van der Waals surface area (Å²) in [6, 6.07) is 20.4. The number of amides is 1. The first-order valence-electron chi connectivity index (χ1n) is 9.43. The van der Waals surface area contributed by atoms with Crippen molar-refractivity contribution in [2.75, 3.05) is 11.1 Å². The molecule has 4 rings (SSSR count). The van der Waals surface area contributed by atoms with Crippen LogP contribution >= 0.6 is 23.1 Å². The molecule has 5 nitrogen and oxygen atoms in total. The Morgan fingerprint density at radius 2 is 1.53 bits per heavy atom. The zero-order valence-corrected chi connectivity index (χ0v) is 18.3. The topological polar surface area (TPSA) is 67.8 Å². The van der Waals surface area contributed by atoms with Gasteiger partial charge in [-0.25, -0.2) is 15.0 Å². The number of thioether (sulfide) groups is 1. The van der Waals surface area contributed by atoms with Crippen LogP contribution in [0.1, 0.15) is 11.4 Å². The summed E-state index contributed by atoms with van der Waals surface area (Å²) in [4.78, 5) is 25.5. The van der Waals surface area contributed by atoms with Crippen molar-refractivity contribution in [2.45, 2.75) is 19.0 Å². The Bertz CT molecular complexity index is 1140. The van der Waals surface area contributed by atoms with Gasteiger partial charge in [0.15, 0.2) is 10.3 Å². The number of benzene rings is 2. The van der Waals surface area contributed by atoms with Gasteiger partial charge in [0.1, 0.15) is 0 Å². The van der Waals surface area contributed by atoms with Gasteiger partial charge in [-0.2, -0.15) is 0 Å². The first-order chi connectivity index (χ1) is 14.6. The molecule has 4 aromatic rings. The van der Waals surface area contributed by atoms with Crippen LogP contribution in [0.25, 0.3) is 22.4 Å². The predicted molar refractivity (Wildman–Crippen MR) is 124 cm³/mol. The molecule has 30 heavy (non-hydrogen) atoms. The molecule has 0 atom stereocenters. The summed E-state index contributed by atoms with van der Waals surface area (Å²) >= 11 is 2.74. The van der Waals surface area contributed by atoms with Gasteiger partial charge in [-0.3, -0.25) is 4.79 Å². The molecule has 2 aromatic heterocycles. The minimum atomic E-state index is -0.122. The van der Waals surface area contributed by atoms with Gasteiger partial charge in [0.2, 0.25) is 5.91 Å². The van der Waals surface area contributed by atoms with E-state index in [4.69, 9.17) is 0 Å². The molecule has 1 N–H and O–H groups in total. The SMILES string of the molecule is Cc1cc(C)nc(SCC(=O)Nc2nc(-c3ccc(-c4ccccc4)cc3)cs2)n1. The number of hydrogen-bond donors (Lipinski definition) is 1. The van der Waals surface area contributed by atoms with Crippen molar-refractivity contribution in [1.82, 2.24) is 15.0 Å². The second-order valence-electron chi connectivity index (χ2n) is 6.75. The van der Waals surface area contributed by atoms with Crippen molar-refractivity contribution >= 4 is 34.1 Å². The summed E-state index contributed by atoms with van der Waals surface area (Å²) in [6.45, 7) is 3.84. The van der Waals surface area contributed by atoms with Gasteiger partial charge in [-0.05, 0) is 31.0 Å². The van der Waals surface area contributed by atoms with Crippen LogP contribution in [-0.2, 0) is 4.79 Å². The van der Waals surface area contributed by atoms with Crippen molar-refractivity contribution in [2.24, 2.45) is 0 Å². The lowest BCUT2D eigenvalue weighted by atomic mass is 10.0. The Balaban J connectivity index is 1.37. The summed E-state index contributed by atoms with van der Waals surface area (Å²) in [6.07, 6.45) is 0. The maximum Gasteiger partial charge on any atom is 0.236 e. The van der Waals surface area contributed by atoms with Crippen LogP contribution in [-0.4, -0.2) is 26.6 Å². The largest absolute Gasteiger partial charge is 0.301 e. The second-order valence-corrected chi connectivity index (χ2v) is 8.55. The van der Waals surface area contributed by atoms with Crippen molar-refractivity contribution in [3.63, 3.8) is 0 Å². The Kier molecular flexibility index (Phi) is 6.21. The first kappa shape index (κ1) is 20.3. The van der Waals surface area contributed by atoms with E-state index in [1.165, 1.54) is 28.7 Å². The van der Waals surface area contributed by atoms with Crippen LogP contribution in [0.3, 0.4) is 0 Å². The molecular formula is C23H20N4OS2. The van der Waals surface area contributed by atoms with E-state index in [1.807, 2.05) is 43.5 Å². The molecule has 0 aliphatic heterocycles. The molecule has 0 saturated heterocycles. The molecule has 0 aliphatic rings. The average Bonchev–Trinajstić information content (AvgIpc) is 3.21. The van der Waals surface area contributed by atoms with Crippen LogP contribution < -0.4 is 5.32 Å². The van der Waals surface area contributed by atoms with Gasteiger partial charge in [-0.1, -0.05) is 66.4 Å². The lowest BCUT2D eigenvalue weighted by Gasteiger charge is -2.04. The quantitative estimate of drug-likeness (QED) is 0.317. The van der Waals surface area contributed by atoms with Crippen molar-refractivity contribution in [3.05, 3.63) is 77.4 Å². The number of aromatic nitrogens is 3. The summed E-state index contributed by atoms with van der Waals surface area (Å²) in [7, 11) is 0. The number of rotatable bonds is 6. The van der Waals surface area contributed by atoms with E-state index < -0.39 is 0 Å². The van der Waals surface area contributed by atoms with Gasteiger partial charge in [-0.15, -0.1) is 11.3 Å². The molecular weight excluding hydrogens is 412 g/mol. The van der Waals surface area contributed by atoms with Crippen LogP contribution in [0.5, 0.6) is 0 Å². The highest BCUT2D eigenvalue weighted by molar-refractivity contribution is 7.99. The van der Waals surface area contributed by atoms with E-state index in [-0.39, 0.29) is 11.7 Å². The monoisotopic (exact) mass is 432 g/mol. The number of nitrogens with one attached hydrogen (secondary N) is 1. The smallest absolute Gasteiger partial charge is 0.236 e. The number of nitrogens with zero attached hydrogens (tertiary/aromatic N) is 3. The minimum Gasteiger partial charge on any atom is -0.301 e. The molecule has 0 bridgehead atoms. The molecule has 0 unspecified atom stereocenters. The molecule has 0 radical (unpaired) electrons. The van der Waals surface area contributed by atoms with Crippen LogP contribution in [0.2, 0.25) is 0 Å². The summed E-state index contributed by atoms with van der Waals surface area (Å²) < 4.78 is 0. The fraction of sp³-hybridized carbons (Fsp3) is 0.130. The molecule has 2 heterocycles. The number of anilines is 1. The molecule has 150 valence electrons. The van der Waals surface area contributed by atoms with E-state index in [0.717, 1.165) is 28.2 Å². The van der Waals surface area contributed by atoms with E-state index >= 15 is 0 Å². The van der Waals surface area contributed by atoms with E-state index in [9.17, 15) is 4.79 Å². The summed E-state index contributed by atoms with van der Waals surface area (Å²) in [5.74, 6) is 0.118. The third-order valence-corrected chi connectivity index (χ3v) is 5.94. The number of hydrogen-bond acceptors (Lipinski definition) is 6. The van der Waals surface area contributed by atoms with Crippen LogP contribution in [0, 0.1) is 13.8 Å². The highest BCUT2D eigenvalue weighted by Gasteiger charge is 2.10. The van der Waals surface area contributed by atoms with Crippen molar-refractivity contribution in [1.29, 1.82) is 0 Å². The zero-order valence-electron chi connectivity index (χ0n) is 16.6. The molecule has 0 aliphatic carbocycles. The number of aryl methyl sites for hydroxylation is 2. The summed E-state index contributed by atoms with van der Waals surface area (Å²) in [5.41, 5.74) is 6.00. The molecule has 7 heteroatoms. The number of thiazole rings is 1. The number of carbonyl (C=O) groups excluding carboxylic acids is 1. The normalized spacial score (nSPS) is 10.7. The van der Waals surface area contributed by atoms with Gasteiger partial charge < -0.3 is 5.32 Å². The fourth-order valence-corrected chi connectivity index (χ4v) is 4.46. The highest BCUT2D eigenvalue weighted by atomic mass is 32.2. The maximum absolute atomic E-state index is 12.3. The van der Waals surface area contributed by atoms with E-state index in [2.05, 4.69) is 56.7 Å². The second kappa shape index (κ2) is 9.19. The fourth-order valence-electron chi connectivity index (χ4n) is 2.97. The molecule has 0 fully saturated rings. The third-order valence-electron chi connectivity index (χ3n) is 4.33. The standard InChI is InChI=1S/C23H20N4OS2/c1-15-12-16(2)25-22(24-15)30-14-21(28)27-23-26-20(13-29-23)19-10-8-18(9-11-19)17-6-4-3-5-7-17/h3-13H,14H2,1-2H3,(H,26,27,28). The molecule has 0 spiro atoms. The Labute approximate surface area is 183 Å².